The Hall–Kier alpha value is -1.74. The van der Waals surface area contributed by atoms with Gasteiger partial charge in [-0.15, -0.1) is 0 Å². The van der Waals surface area contributed by atoms with E-state index in [1.807, 2.05) is 12.1 Å². The van der Waals surface area contributed by atoms with Gasteiger partial charge in [0, 0.05) is 18.8 Å². The summed E-state index contributed by atoms with van der Waals surface area (Å²) >= 11 is 0. The Bertz CT molecular complexity index is 525. The van der Waals surface area contributed by atoms with Crippen LogP contribution in [0.25, 0.3) is 0 Å². The lowest BCUT2D eigenvalue weighted by Crippen LogP contribution is -2.19. The van der Waals surface area contributed by atoms with Gasteiger partial charge in [0.05, 0.1) is 6.20 Å². The topological polar surface area (TPSA) is 24.9 Å². The molecule has 0 aliphatic rings. The number of halogens is 1. The number of hydrogen-bond acceptors (Lipinski definition) is 2. The monoisotopic (exact) mass is 244 g/mol. The Morgan fingerprint density at radius 2 is 2.06 bits per heavy atom. The maximum atomic E-state index is 13.0. The van der Waals surface area contributed by atoms with Crippen LogP contribution in [0.5, 0.6) is 0 Å². The number of aromatic nitrogens is 1. The molecule has 94 valence electrons. The highest BCUT2D eigenvalue weighted by Gasteiger charge is 2.07. The maximum absolute atomic E-state index is 13.0. The molecule has 1 unspecified atom stereocenters. The third-order valence-electron chi connectivity index (χ3n) is 3.03. The summed E-state index contributed by atoms with van der Waals surface area (Å²) in [6.45, 7) is 4.81. The molecule has 2 aromatic rings. The van der Waals surface area contributed by atoms with Gasteiger partial charge in [0.15, 0.2) is 0 Å². The summed E-state index contributed by atoms with van der Waals surface area (Å²) in [5.74, 6) is -0.294. The Labute approximate surface area is 107 Å². The second kappa shape index (κ2) is 5.74. The van der Waals surface area contributed by atoms with E-state index < -0.39 is 0 Å². The van der Waals surface area contributed by atoms with Gasteiger partial charge in [-0.25, -0.2) is 4.39 Å². The van der Waals surface area contributed by atoms with Gasteiger partial charge in [-0.05, 0) is 36.6 Å². The second-order valence-corrected chi connectivity index (χ2v) is 4.47. The van der Waals surface area contributed by atoms with Crippen LogP contribution in [0.1, 0.15) is 29.7 Å². The molecular weight excluding hydrogens is 227 g/mol. The quantitative estimate of drug-likeness (QED) is 0.891. The molecule has 3 heteroatoms. The van der Waals surface area contributed by atoms with Crippen molar-refractivity contribution in [2.45, 2.75) is 26.4 Å². The number of pyridine rings is 1. The first-order chi connectivity index (χ1) is 8.66. The second-order valence-electron chi connectivity index (χ2n) is 4.47. The first-order valence-corrected chi connectivity index (χ1v) is 6.05. The lowest BCUT2D eigenvalue weighted by Gasteiger charge is -2.16. The van der Waals surface area contributed by atoms with Crippen LogP contribution in [0, 0.1) is 12.7 Å². The molecule has 0 aliphatic carbocycles. The highest BCUT2D eigenvalue weighted by atomic mass is 19.1. The molecule has 1 atom stereocenters. The number of rotatable bonds is 4. The fraction of sp³-hybridized carbons (Fsp3) is 0.267. The SMILES string of the molecule is Cc1ccccc1C(C)NCc1cncc(F)c1. The van der Waals surface area contributed by atoms with Crippen LogP contribution in [-0.2, 0) is 6.54 Å². The molecule has 0 fully saturated rings. The van der Waals surface area contributed by atoms with Gasteiger partial charge in [0.2, 0.25) is 0 Å². The molecule has 0 radical (unpaired) electrons. The minimum Gasteiger partial charge on any atom is -0.306 e. The summed E-state index contributed by atoms with van der Waals surface area (Å²) in [6.07, 6.45) is 2.90. The molecule has 1 aromatic carbocycles. The van der Waals surface area contributed by atoms with Crippen molar-refractivity contribution >= 4 is 0 Å². The molecule has 1 heterocycles. The van der Waals surface area contributed by atoms with E-state index in [0.29, 0.717) is 6.54 Å². The number of hydrogen-bond donors (Lipinski definition) is 1. The van der Waals surface area contributed by atoms with Crippen LogP contribution in [0.15, 0.2) is 42.7 Å². The van der Waals surface area contributed by atoms with Crippen LogP contribution >= 0.6 is 0 Å². The lowest BCUT2D eigenvalue weighted by molar-refractivity contribution is 0.564. The summed E-state index contributed by atoms with van der Waals surface area (Å²) in [5.41, 5.74) is 3.38. The van der Waals surface area contributed by atoms with Crippen molar-refractivity contribution < 1.29 is 4.39 Å². The van der Waals surface area contributed by atoms with E-state index in [1.165, 1.54) is 23.4 Å². The molecule has 0 aliphatic heterocycles. The van der Waals surface area contributed by atoms with Crippen molar-refractivity contribution in [1.29, 1.82) is 0 Å². The van der Waals surface area contributed by atoms with Gasteiger partial charge >= 0.3 is 0 Å². The summed E-state index contributed by atoms with van der Waals surface area (Å²) in [5, 5.41) is 3.38. The standard InChI is InChI=1S/C15H17FN2/c1-11-5-3-4-6-15(11)12(2)18-9-13-7-14(16)10-17-8-13/h3-8,10,12,18H,9H2,1-2H3. The summed E-state index contributed by atoms with van der Waals surface area (Å²) in [7, 11) is 0. The first-order valence-electron chi connectivity index (χ1n) is 6.05. The largest absolute Gasteiger partial charge is 0.306 e. The molecule has 1 aromatic heterocycles. The maximum Gasteiger partial charge on any atom is 0.141 e. The highest BCUT2D eigenvalue weighted by molar-refractivity contribution is 5.28. The summed E-state index contributed by atoms with van der Waals surface area (Å²) in [6, 6.07) is 10.00. The Morgan fingerprint density at radius 1 is 1.28 bits per heavy atom. The lowest BCUT2D eigenvalue weighted by atomic mass is 10.0. The summed E-state index contributed by atoms with van der Waals surface area (Å²) < 4.78 is 13.0. The zero-order valence-electron chi connectivity index (χ0n) is 10.7. The molecule has 2 rings (SSSR count). The van der Waals surface area contributed by atoms with Crippen molar-refractivity contribution in [3.63, 3.8) is 0 Å². The molecule has 2 nitrogen and oxygen atoms in total. The van der Waals surface area contributed by atoms with Crippen molar-refractivity contribution in [3.05, 3.63) is 65.2 Å². The smallest absolute Gasteiger partial charge is 0.141 e. The Morgan fingerprint density at radius 3 is 2.78 bits per heavy atom. The van der Waals surface area contributed by atoms with Crippen LogP contribution < -0.4 is 5.32 Å². The first kappa shape index (κ1) is 12.7. The van der Waals surface area contributed by atoms with Gasteiger partial charge in [-0.2, -0.15) is 0 Å². The predicted octanol–water partition coefficient (Wildman–Crippen LogP) is 3.38. The minimum absolute atomic E-state index is 0.231. The fourth-order valence-corrected chi connectivity index (χ4v) is 2.01. The van der Waals surface area contributed by atoms with E-state index in [2.05, 4.69) is 36.3 Å². The molecule has 0 saturated carbocycles. The van der Waals surface area contributed by atoms with E-state index in [0.717, 1.165) is 5.56 Å². The van der Waals surface area contributed by atoms with Gasteiger partial charge in [-0.3, -0.25) is 4.98 Å². The third-order valence-corrected chi connectivity index (χ3v) is 3.03. The number of benzene rings is 1. The molecular formula is C15H17FN2. The van der Waals surface area contributed by atoms with E-state index in [1.54, 1.807) is 6.20 Å². The third kappa shape index (κ3) is 3.14. The zero-order valence-corrected chi connectivity index (χ0v) is 10.7. The van der Waals surface area contributed by atoms with E-state index >= 15 is 0 Å². The molecule has 0 saturated heterocycles. The number of nitrogens with zero attached hydrogens (tertiary/aromatic N) is 1. The average molecular weight is 244 g/mol. The molecule has 18 heavy (non-hydrogen) atoms. The van der Waals surface area contributed by atoms with Crippen LogP contribution in [0.3, 0.4) is 0 Å². The van der Waals surface area contributed by atoms with Crippen molar-refractivity contribution in [3.8, 4) is 0 Å². The molecule has 1 N–H and O–H groups in total. The molecule has 0 spiro atoms. The van der Waals surface area contributed by atoms with Crippen molar-refractivity contribution in [2.75, 3.05) is 0 Å². The van der Waals surface area contributed by atoms with Crippen molar-refractivity contribution in [1.82, 2.24) is 10.3 Å². The van der Waals surface area contributed by atoms with Gasteiger partial charge < -0.3 is 5.32 Å². The Balaban J connectivity index is 2.00. The summed E-state index contributed by atoms with van der Waals surface area (Å²) in [4.78, 5) is 3.84. The fourth-order valence-electron chi connectivity index (χ4n) is 2.01. The molecule has 0 bridgehead atoms. The zero-order chi connectivity index (χ0) is 13.0. The van der Waals surface area contributed by atoms with Gasteiger partial charge in [0.25, 0.3) is 0 Å². The minimum atomic E-state index is -0.294. The van der Waals surface area contributed by atoms with Gasteiger partial charge in [-0.1, -0.05) is 24.3 Å². The van der Waals surface area contributed by atoms with Gasteiger partial charge in [0.1, 0.15) is 5.82 Å². The van der Waals surface area contributed by atoms with Crippen molar-refractivity contribution in [2.24, 2.45) is 0 Å². The van der Waals surface area contributed by atoms with Crippen LogP contribution in [-0.4, -0.2) is 4.98 Å². The average Bonchev–Trinajstić information content (AvgIpc) is 2.37. The highest BCUT2D eigenvalue weighted by Crippen LogP contribution is 2.17. The normalized spacial score (nSPS) is 12.4. The van der Waals surface area contributed by atoms with E-state index in [9.17, 15) is 4.39 Å². The predicted molar refractivity (Wildman–Crippen MR) is 70.6 cm³/mol. The van der Waals surface area contributed by atoms with Crippen LogP contribution in [0.4, 0.5) is 4.39 Å². The molecule has 0 amide bonds. The van der Waals surface area contributed by atoms with E-state index in [4.69, 9.17) is 0 Å². The number of aryl methyl sites for hydroxylation is 1. The Kier molecular flexibility index (Phi) is 4.05. The van der Waals surface area contributed by atoms with Crippen LogP contribution in [0.2, 0.25) is 0 Å². The number of nitrogens with one attached hydrogen (secondary N) is 1. The van der Waals surface area contributed by atoms with E-state index in [-0.39, 0.29) is 11.9 Å².